The maximum atomic E-state index is 15.9. The van der Waals surface area contributed by atoms with Crippen molar-refractivity contribution >= 4 is 28.8 Å². The molecule has 1 saturated carbocycles. The molecule has 0 radical (unpaired) electrons. The molecule has 12 heteroatoms. The molecular formula is C23H27F2N3O7. The van der Waals surface area contributed by atoms with Crippen molar-refractivity contribution in [1.29, 1.82) is 0 Å². The van der Waals surface area contributed by atoms with E-state index in [9.17, 15) is 14.4 Å². The molecule has 1 aromatic carbocycles. The monoisotopic (exact) mass is 495 g/mol. The van der Waals surface area contributed by atoms with Gasteiger partial charge < -0.3 is 34.1 Å². The Kier molecular flexibility index (Phi) is 6.34. The number of halogens is 2. The van der Waals surface area contributed by atoms with Gasteiger partial charge in [-0.05, 0) is 39.7 Å². The Balaban J connectivity index is 1.73. The molecule has 0 unspecified atom stereocenters. The minimum absolute atomic E-state index is 0.0327. The van der Waals surface area contributed by atoms with Crippen LogP contribution in [0.5, 0.6) is 5.75 Å². The zero-order valence-electron chi connectivity index (χ0n) is 19.8. The summed E-state index contributed by atoms with van der Waals surface area (Å²) in [4.78, 5) is 37.4. The zero-order chi connectivity index (χ0) is 25.7. The van der Waals surface area contributed by atoms with Crippen LogP contribution in [0.3, 0.4) is 0 Å². The van der Waals surface area contributed by atoms with Crippen molar-refractivity contribution in [3.8, 4) is 5.75 Å². The Labute approximate surface area is 199 Å². The summed E-state index contributed by atoms with van der Waals surface area (Å²) in [5, 5.41) is 11.3. The SMILES string of the molecule is CO[C@@H]1CN(c2c(F)cc3c(=O)c(OC(=O)O)cn(C4CC4)c3c2F)C[C@@H]1NC(=O)OC(C)(C)C. The van der Waals surface area contributed by atoms with Crippen molar-refractivity contribution < 1.29 is 37.7 Å². The number of carbonyl (C=O) groups is 2. The molecular weight excluding hydrogens is 468 g/mol. The molecule has 190 valence electrons. The summed E-state index contributed by atoms with van der Waals surface area (Å²) in [5.74, 6) is -2.49. The van der Waals surface area contributed by atoms with Gasteiger partial charge in [-0.1, -0.05) is 0 Å². The fourth-order valence-corrected chi connectivity index (χ4v) is 4.30. The highest BCUT2D eigenvalue weighted by Gasteiger charge is 2.38. The predicted molar refractivity (Wildman–Crippen MR) is 121 cm³/mol. The van der Waals surface area contributed by atoms with Crippen molar-refractivity contribution in [3.63, 3.8) is 0 Å². The molecule has 1 saturated heterocycles. The smallest absolute Gasteiger partial charge is 0.449 e. The van der Waals surface area contributed by atoms with E-state index in [4.69, 9.17) is 14.6 Å². The molecule has 2 aliphatic rings. The van der Waals surface area contributed by atoms with Gasteiger partial charge in [-0.3, -0.25) is 4.79 Å². The molecule has 2 N–H and O–H groups in total. The lowest BCUT2D eigenvalue weighted by Crippen LogP contribution is -2.45. The third-order valence-corrected chi connectivity index (χ3v) is 5.88. The van der Waals surface area contributed by atoms with Gasteiger partial charge in [0.1, 0.15) is 17.1 Å². The second-order valence-corrected chi connectivity index (χ2v) is 9.68. The Morgan fingerprint density at radius 3 is 2.46 bits per heavy atom. The van der Waals surface area contributed by atoms with Gasteiger partial charge in [0.15, 0.2) is 11.6 Å². The Bertz CT molecular complexity index is 1240. The average molecular weight is 495 g/mol. The highest BCUT2D eigenvalue weighted by Crippen LogP contribution is 2.40. The van der Waals surface area contributed by atoms with E-state index in [1.54, 1.807) is 20.8 Å². The van der Waals surface area contributed by atoms with E-state index < -0.39 is 52.8 Å². The zero-order valence-corrected chi connectivity index (χ0v) is 19.8. The van der Waals surface area contributed by atoms with Crippen molar-refractivity contribution in [3.05, 3.63) is 34.1 Å². The van der Waals surface area contributed by atoms with Crippen LogP contribution in [0.1, 0.15) is 39.7 Å². The number of amides is 1. The first-order chi connectivity index (χ1) is 16.4. The summed E-state index contributed by atoms with van der Waals surface area (Å²) < 4.78 is 47.8. The minimum Gasteiger partial charge on any atom is -0.449 e. The van der Waals surface area contributed by atoms with Gasteiger partial charge in [-0.25, -0.2) is 18.4 Å². The maximum Gasteiger partial charge on any atom is 0.511 e. The van der Waals surface area contributed by atoms with Gasteiger partial charge in [0.25, 0.3) is 0 Å². The molecule has 1 aromatic heterocycles. The number of aromatic nitrogens is 1. The number of methoxy groups -OCH3 is 1. The summed E-state index contributed by atoms with van der Waals surface area (Å²) >= 11 is 0. The number of anilines is 1. The third kappa shape index (κ3) is 5.02. The number of hydrogen-bond acceptors (Lipinski definition) is 7. The summed E-state index contributed by atoms with van der Waals surface area (Å²) in [6.45, 7) is 5.25. The van der Waals surface area contributed by atoms with Crippen LogP contribution in [0, 0.1) is 11.6 Å². The average Bonchev–Trinajstić information content (AvgIpc) is 3.50. The van der Waals surface area contributed by atoms with Crippen molar-refractivity contribution in [2.24, 2.45) is 0 Å². The molecule has 35 heavy (non-hydrogen) atoms. The summed E-state index contributed by atoms with van der Waals surface area (Å²) in [5.41, 5.74) is -2.15. The summed E-state index contributed by atoms with van der Waals surface area (Å²) in [6.07, 6.45) is -0.432. The quantitative estimate of drug-likeness (QED) is 0.606. The van der Waals surface area contributed by atoms with Crippen LogP contribution < -0.4 is 20.4 Å². The lowest BCUT2D eigenvalue weighted by Gasteiger charge is -2.24. The van der Waals surface area contributed by atoms with Crippen molar-refractivity contribution in [2.45, 2.75) is 57.4 Å². The number of pyridine rings is 1. The van der Waals surface area contributed by atoms with Crippen LogP contribution in [-0.4, -0.2) is 59.9 Å². The maximum absolute atomic E-state index is 15.9. The van der Waals surface area contributed by atoms with E-state index in [2.05, 4.69) is 10.1 Å². The number of hydrogen-bond donors (Lipinski definition) is 2. The first-order valence-electron chi connectivity index (χ1n) is 11.1. The summed E-state index contributed by atoms with van der Waals surface area (Å²) in [7, 11) is 1.43. The first kappa shape index (κ1) is 24.7. The number of fused-ring (bicyclic) bond motifs is 1. The minimum atomic E-state index is -1.70. The molecule has 1 amide bonds. The highest BCUT2D eigenvalue weighted by atomic mass is 19.1. The molecule has 4 rings (SSSR count). The van der Waals surface area contributed by atoms with E-state index in [1.807, 2.05) is 0 Å². The van der Waals surface area contributed by atoms with Gasteiger partial charge in [-0.15, -0.1) is 0 Å². The third-order valence-electron chi connectivity index (χ3n) is 5.88. The topological polar surface area (TPSA) is 119 Å². The highest BCUT2D eigenvalue weighted by molar-refractivity contribution is 5.86. The van der Waals surface area contributed by atoms with Crippen molar-refractivity contribution in [2.75, 3.05) is 25.1 Å². The lowest BCUT2D eigenvalue weighted by atomic mass is 10.1. The molecule has 1 aliphatic heterocycles. The largest absolute Gasteiger partial charge is 0.511 e. The predicted octanol–water partition coefficient (Wildman–Crippen LogP) is 3.40. The van der Waals surface area contributed by atoms with Crippen LogP contribution in [0.2, 0.25) is 0 Å². The standard InChI is InChI=1S/C23H27F2N3O7/c1-23(2,3)35-21(30)26-14-8-27(9-15(14)33-4)19-13(24)7-12-18(17(19)25)28(11-5-6-11)10-16(20(12)29)34-22(31)32/h7,10-11,14-15H,5-6,8-9H2,1-4H3,(H,26,30)(H,31,32)/t14-,15+/m0/s1. The van der Waals surface area contributed by atoms with E-state index in [-0.39, 0.29) is 35.7 Å². The molecule has 2 heterocycles. The molecule has 2 fully saturated rings. The fourth-order valence-electron chi connectivity index (χ4n) is 4.30. The van der Waals surface area contributed by atoms with Crippen LogP contribution in [0.25, 0.3) is 10.9 Å². The molecule has 0 spiro atoms. The number of nitrogens with one attached hydrogen (secondary N) is 1. The molecule has 0 bridgehead atoms. The number of ether oxygens (including phenoxy) is 3. The number of rotatable bonds is 5. The van der Waals surface area contributed by atoms with Gasteiger partial charge in [0.2, 0.25) is 5.43 Å². The molecule has 2 aromatic rings. The fraction of sp³-hybridized carbons (Fsp3) is 0.522. The van der Waals surface area contributed by atoms with Gasteiger partial charge in [0, 0.05) is 26.2 Å². The van der Waals surface area contributed by atoms with Gasteiger partial charge in [-0.2, -0.15) is 0 Å². The van der Waals surface area contributed by atoms with Gasteiger partial charge >= 0.3 is 12.2 Å². The second-order valence-electron chi connectivity index (χ2n) is 9.68. The molecule has 1 aliphatic carbocycles. The number of nitrogens with zero attached hydrogens (tertiary/aromatic N) is 2. The van der Waals surface area contributed by atoms with E-state index in [0.29, 0.717) is 12.8 Å². The second kappa shape index (κ2) is 8.99. The Morgan fingerprint density at radius 2 is 1.89 bits per heavy atom. The van der Waals surface area contributed by atoms with E-state index >= 15 is 8.78 Å². The number of alkyl carbamates (subject to hydrolysis) is 1. The molecule has 2 atom stereocenters. The normalized spacial score (nSPS) is 20.2. The van der Waals surface area contributed by atoms with Crippen molar-refractivity contribution in [1.82, 2.24) is 9.88 Å². The van der Waals surface area contributed by atoms with E-state index in [1.165, 1.54) is 16.6 Å². The Hall–Kier alpha value is -3.41. The van der Waals surface area contributed by atoms with Crippen LogP contribution in [-0.2, 0) is 9.47 Å². The van der Waals surface area contributed by atoms with Crippen LogP contribution in [0.4, 0.5) is 24.1 Å². The lowest BCUT2D eigenvalue weighted by molar-refractivity contribution is 0.0417. The van der Waals surface area contributed by atoms with Crippen LogP contribution in [0.15, 0.2) is 17.1 Å². The first-order valence-corrected chi connectivity index (χ1v) is 11.1. The Morgan fingerprint density at radius 1 is 1.20 bits per heavy atom. The van der Waals surface area contributed by atoms with Gasteiger partial charge in [0.05, 0.1) is 29.2 Å². The number of carboxylic acid groups (broad SMARTS) is 1. The van der Waals surface area contributed by atoms with Crippen LogP contribution >= 0.6 is 0 Å². The molecule has 10 nitrogen and oxygen atoms in total. The van der Waals surface area contributed by atoms with E-state index in [0.717, 1.165) is 12.3 Å². The number of benzene rings is 1. The number of carbonyl (C=O) groups excluding carboxylic acids is 1. The summed E-state index contributed by atoms with van der Waals surface area (Å²) in [6, 6.07) is 0.107.